The molecule has 0 aromatic rings. The number of rotatable bonds is 1. The molecule has 0 unspecified atom stereocenters. The zero-order valence-corrected chi connectivity index (χ0v) is 8.79. The highest BCUT2D eigenvalue weighted by molar-refractivity contribution is 5.88. The number of amides is 1. The number of hydrogen-bond acceptors (Lipinski definition) is 1. The van der Waals surface area contributed by atoms with Crippen LogP contribution in [0.2, 0.25) is 0 Å². The van der Waals surface area contributed by atoms with E-state index in [0.717, 1.165) is 12.8 Å². The first-order valence-corrected chi connectivity index (χ1v) is 5.11. The van der Waals surface area contributed by atoms with Crippen LogP contribution >= 0.6 is 0 Å². The van der Waals surface area contributed by atoms with Crippen LogP contribution in [-0.4, -0.2) is 22.9 Å². The molecule has 1 rings (SSSR count). The molecule has 13 heavy (non-hydrogen) atoms. The van der Waals surface area contributed by atoms with E-state index in [4.69, 9.17) is 0 Å². The third kappa shape index (κ3) is 2.33. The Labute approximate surface area is 80.6 Å². The first-order chi connectivity index (χ1) is 6.16. The fourth-order valence-electron chi connectivity index (χ4n) is 2.08. The van der Waals surface area contributed by atoms with Gasteiger partial charge in [-0.25, -0.2) is 0 Å². The van der Waals surface area contributed by atoms with Gasteiger partial charge >= 0.3 is 0 Å². The van der Waals surface area contributed by atoms with E-state index in [1.165, 1.54) is 6.42 Å². The minimum absolute atomic E-state index is 0.169. The van der Waals surface area contributed by atoms with Crippen LogP contribution in [0.4, 0.5) is 0 Å². The lowest BCUT2D eigenvalue weighted by Crippen LogP contribution is -2.46. The maximum Gasteiger partial charge on any atom is 0.246 e. The van der Waals surface area contributed by atoms with Crippen LogP contribution < -0.4 is 0 Å². The van der Waals surface area contributed by atoms with Crippen molar-refractivity contribution in [2.45, 2.75) is 52.1 Å². The van der Waals surface area contributed by atoms with E-state index in [9.17, 15) is 4.79 Å². The summed E-state index contributed by atoms with van der Waals surface area (Å²) in [5.74, 6) is 0.169. The van der Waals surface area contributed by atoms with Crippen molar-refractivity contribution in [2.75, 3.05) is 0 Å². The number of hydrogen-bond donors (Lipinski definition) is 0. The van der Waals surface area contributed by atoms with Crippen LogP contribution in [0.25, 0.3) is 0 Å². The second-order valence-corrected chi connectivity index (χ2v) is 3.87. The molecule has 0 aromatic carbocycles. The molecule has 0 N–H and O–H groups in total. The summed E-state index contributed by atoms with van der Waals surface area (Å²) in [5.41, 5.74) is 0. The van der Waals surface area contributed by atoms with Gasteiger partial charge < -0.3 is 4.90 Å². The summed E-state index contributed by atoms with van der Waals surface area (Å²) in [5, 5.41) is 0. The Morgan fingerprint density at radius 3 is 2.31 bits per heavy atom. The van der Waals surface area contributed by atoms with Crippen LogP contribution in [0.3, 0.4) is 0 Å². The number of likely N-dealkylation sites (tertiary alicyclic amines) is 1. The monoisotopic (exact) mass is 181 g/mol. The molecule has 2 atom stereocenters. The molecule has 74 valence electrons. The largest absolute Gasteiger partial charge is 0.334 e. The second-order valence-electron chi connectivity index (χ2n) is 3.87. The van der Waals surface area contributed by atoms with Gasteiger partial charge in [0, 0.05) is 12.1 Å². The summed E-state index contributed by atoms with van der Waals surface area (Å²) in [4.78, 5) is 13.7. The smallest absolute Gasteiger partial charge is 0.246 e. The van der Waals surface area contributed by atoms with Crippen LogP contribution in [0.5, 0.6) is 0 Å². The van der Waals surface area contributed by atoms with Gasteiger partial charge in [0.2, 0.25) is 5.91 Å². The van der Waals surface area contributed by atoms with Crippen molar-refractivity contribution in [1.29, 1.82) is 0 Å². The molecule has 0 radical (unpaired) electrons. The lowest BCUT2D eigenvalue weighted by atomic mass is 9.97. The van der Waals surface area contributed by atoms with Gasteiger partial charge in [-0.1, -0.05) is 6.08 Å². The fraction of sp³-hybridized carbons (Fsp3) is 0.727. The van der Waals surface area contributed by atoms with E-state index in [1.54, 1.807) is 6.08 Å². The van der Waals surface area contributed by atoms with Crippen molar-refractivity contribution < 1.29 is 4.79 Å². The van der Waals surface area contributed by atoms with E-state index in [2.05, 4.69) is 13.8 Å². The molecule has 2 heteroatoms. The molecular weight excluding hydrogens is 162 g/mol. The zero-order chi connectivity index (χ0) is 9.84. The van der Waals surface area contributed by atoms with Gasteiger partial charge in [-0.15, -0.1) is 0 Å². The van der Waals surface area contributed by atoms with Crippen molar-refractivity contribution in [2.24, 2.45) is 0 Å². The summed E-state index contributed by atoms with van der Waals surface area (Å²) >= 11 is 0. The van der Waals surface area contributed by atoms with Gasteiger partial charge in [0.1, 0.15) is 0 Å². The predicted molar refractivity (Wildman–Crippen MR) is 54.4 cm³/mol. The molecule has 2 nitrogen and oxygen atoms in total. The van der Waals surface area contributed by atoms with Gasteiger partial charge in [0.15, 0.2) is 0 Å². The highest BCUT2D eigenvalue weighted by atomic mass is 16.2. The fourth-order valence-corrected chi connectivity index (χ4v) is 2.08. The van der Waals surface area contributed by atoms with Crippen molar-refractivity contribution in [3.8, 4) is 0 Å². The predicted octanol–water partition coefficient (Wildman–Crippen LogP) is 2.35. The highest BCUT2D eigenvalue weighted by Crippen LogP contribution is 2.22. The van der Waals surface area contributed by atoms with Gasteiger partial charge in [-0.2, -0.15) is 0 Å². The van der Waals surface area contributed by atoms with Crippen LogP contribution in [0.15, 0.2) is 12.2 Å². The minimum atomic E-state index is 0.169. The van der Waals surface area contributed by atoms with Crippen molar-refractivity contribution in [3.63, 3.8) is 0 Å². The zero-order valence-electron chi connectivity index (χ0n) is 8.79. The minimum Gasteiger partial charge on any atom is -0.334 e. The van der Waals surface area contributed by atoms with E-state index < -0.39 is 0 Å². The van der Waals surface area contributed by atoms with Crippen molar-refractivity contribution in [3.05, 3.63) is 12.2 Å². The van der Waals surface area contributed by atoms with Gasteiger partial charge in [0.05, 0.1) is 0 Å². The molecule has 1 aliphatic heterocycles. The molecule has 0 saturated carbocycles. The normalized spacial score (nSPS) is 29.6. The summed E-state index contributed by atoms with van der Waals surface area (Å²) in [6, 6.07) is 0.819. The number of allylic oxidation sites excluding steroid dienone is 1. The quantitative estimate of drug-likeness (QED) is 0.569. The Kier molecular flexibility index (Phi) is 3.52. The standard InChI is InChI=1S/C11H19NO/c1-4-6-11(13)12-9(2)7-5-8-10(12)3/h4,6,9-10H,5,7-8H2,1-3H3/b6-4+/t9-,10+. The summed E-state index contributed by atoms with van der Waals surface area (Å²) in [6.45, 7) is 6.16. The Bertz CT molecular complexity index is 200. The van der Waals surface area contributed by atoms with Crippen molar-refractivity contribution in [1.82, 2.24) is 4.90 Å². The van der Waals surface area contributed by atoms with Gasteiger partial charge in [0.25, 0.3) is 0 Å². The molecule has 1 aliphatic rings. The van der Waals surface area contributed by atoms with Crippen LogP contribution in [-0.2, 0) is 4.79 Å². The SMILES string of the molecule is C/C=C/C(=O)N1[C@H](C)CCC[C@@H]1C. The molecule has 0 spiro atoms. The van der Waals surface area contributed by atoms with Crippen LogP contribution in [0, 0.1) is 0 Å². The number of piperidine rings is 1. The number of nitrogens with zero attached hydrogens (tertiary/aromatic N) is 1. The summed E-state index contributed by atoms with van der Waals surface area (Å²) < 4.78 is 0. The topological polar surface area (TPSA) is 20.3 Å². The van der Waals surface area contributed by atoms with Gasteiger partial charge in [-0.3, -0.25) is 4.79 Å². The number of carbonyl (C=O) groups excluding carboxylic acids is 1. The molecule has 1 amide bonds. The summed E-state index contributed by atoms with van der Waals surface area (Å²) in [6.07, 6.45) is 7.03. The second kappa shape index (κ2) is 4.45. The van der Waals surface area contributed by atoms with E-state index in [0.29, 0.717) is 12.1 Å². The first-order valence-electron chi connectivity index (χ1n) is 5.11. The Balaban J connectivity index is 2.68. The van der Waals surface area contributed by atoms with E-state index >= 15 is 0 Å². The third-order valence-corrected chi connectivity index (χ3v) is 2.76. The molecule has 1 saturated heterocycles. The molecule has 0 aromatic heterocycles. The molecule has 0 aliphatic carbocycles. The Hall–Kier alpha value is -0.790. The maximum atomic E-state index is 11.7. The van der Waals surface area contributed by atoms with Crippen molar-refractivity contribution >= 4 is 5.91 Å². The van der Waals surface area contributed by atoms with Crippen LogP contribution in [0.1, 0.15) is 40.0 Å². The average Bonchev–Trinajstić information content (AvgIpc) is 2.04. The first kappa shape index (κ1) is 10.3. The summed E-state index contributed by atoms with van der Waals surface area (Å²) in [7, 11) is 0. The maximum absolute atomic E-state index is 11.7. The van der Waals surface area contributed by atoms with E-state index in [1.807, 2.05) is 17.9 Å². The lowest BCUT2D eigenvalue weighted by molar-refractivity contribution is -0.131. The molecular formula is C11H19NO. The lowest BCUT2D eigenvalue weighted by Gasteiger charge is -2.38. The highest BCUT2D eigenvalue weighted by Gasteiger charge is 2.26. The molecule has 1 fully saturated rings. The Morgan fingerprint density at radius 2 is 1.85 bits per heavy atom. The van der Waals surface area contributed by atoms with E-state index in [-0.39, 0.29) is 5.91 Å². The average molecular weight is 181 g/mol. The third-order valence-electron chi connectivity index (χ3n) is 2.76. The molecule has 1 heterocycles. The number of carbonyl (C=O) groups is 1. The van der Waals surface area contributed by atoms with Gasteiger partial charge in [-0.05, 0) is 46.1 Å². The Morgan fingerprint density at radius 1 is 1.31 bits per heavy atom. The molecule has 0 bridgehead atoms.